The topological polar surface area (TPSA) is 91.4 Å². The summed E-state index contributed by atoms with van der Waals surface area (Å²) in [6, 6.07) is 1.79. The monoisotopic (exact) mass is 173 g/mol. The van der Waals surface area contributed by atoms with Gasteiger partial charge in [-0.15, -0.1) is 0 Å². The number of rotatable bonds is 3. The first-order valence-corrected chi connectivity index (χ1v) is 3.05. The number of hydrogen-bond acceptors (Lipinski definition) is 4. The number of nitrogens with two attached hydrogens (primary N) is 2. The lowest BCUT2D eigenvalue weighted by Gasteiger charge is -2.04. The van der Waals surface area contributed by atoms with Crippen molar-refractivity contribution < 1.29 is 0 Å². The minimum absolute atomic E-state index is 0.169. The van der Waals surface area contributed by atoms with Gasteiger partial charge in [0.15, 0.2) is 0 Å². The first-order valence-electron chi connectivity index (χ1n) is 2.71. The number of hydrazine groups is 1. The van der Waals surface area contributed by atoms with Crippen molar-refractivity contribution in [1.82, 2.24) is 4.53 Å². The van der Waals surface area contributed by atoms with Crippen LogP contribution in [-0.2, 0) is 0 Å². The smallest absolute Gasteiger partial charge is 0.0931 e. The molecule has 6 heteroatoms. The lowest BCUT2D eigenvalue weighted by Crippen LogP contribution is -2.22. The van der Waals surface area contributed by atoms with Crippen LogP contribution >= 0.6 is 11.8 Å². The maximum atomic E-state index is 8.23. The fourth-order valence-electron chi connectivity index (χ4n) is 0.449. The molecule has 4 N–H and O–H groups in total. The van der Waals surface area contributed by atoms with Crippen LogP contribution in [0.3, 0.4) is 0 Å². The van der Waals surface area contributed by atoms with E-state index in [1.165, 1.54) is 6.08 Å². The molecule has 60 valence electrons. The summed E-state index contributed by atoms with van der Waals surface area (Å²) >= 11 is 5.29. The molecule has 0 aromatic heterocycles. The molecule has 0 radical (unpaired) electrons. The Hall–Kier alpha value is -1.09. The maximum Gasteiger partial charge on any atom is 0.0931 e. The number of halogens is 1. The van der Waals surface area contributed by atoms with E-state index in [-0.39, 0.29) is 6.54 Å². The molecule has 0 saturated carbocycles. The van der Waals surface area contributed by atoms with E-state index in [2.05, 4.69) is 4.99 Å². The second-order valence-corrected chi connectivity index (χ2v) is 2.03. The van der Waals surface area contributed by atoms with Crippen molar-refractivity contribution in [2.75, 3.05) is 6.54 Å². The predicted octanol–water partition coefficient (Wildman–Crippen LogP) is -0.290. The van der Waals surface area contributed by atoms with Crippen LogP contribution in [0.25, 0.3) is 0 Å². The van der Waals surface area contributed by atoms with Gasteiger partial charge >= 0.3 is 0 Å². The minimum atomic E-state index is 0.169. The zero-order chi connectivity index (χ0) is 8.69. The second-order valence-electron chi connectivity index (χ2n) is 1.60. The van der Waals surface area contributed by atoms with Crippen LogP contribution in [0, 0.1) is 11.3 Å². The van der Waals surface area contributed by atoms with Crippen LogP contribution < -0.4 is 11.6 Å². The zero-order valence-corrected chi connectivity index (χ0v) is 6.49. The predicted molar refractivity (Wildman–Crippen MR) is 43.1 cm³/mol. The van der Waals surface area contributed by atoms with Crippen LogP contribution in [0.2, 0.25) is 0 Å². The van der Waals surface area contributed by atoms with Crippen LogP contribution in [0.1, 0.15) is 0 Å². The van der Waals surface area contributed by atoms with Gasteiger partial charge in [-0.25, -0.2) is 4.99 Å². The molecule has 0 atom stereocenters. The number of nitriles is 1. The zero-order valence-electron chi connectivity index (χ0n) is 5.74. The van der Waals surface area contributed by atoms with Crippen molar-refractivity contribution in [2.45, 2.75) is 0 Å². The summed E-state index contributed by atoms with van der Waals surface area (Å²) in [5.41, 5.74) is 5.40. The van der Waals surface area contributed by atoms with Gasteiger partial charge in [-0.05, 0) is 11.8 Å². The molecular formula is C5H8ClN5. The SMILES string of the molecule is N#CC=C(CN(N)Cl)N=CN. The van der Waals surface area contributed by atoms with Crippen molar-refractivity contribution in [1.29, 1.82) is 5.26 Å². The molecule has 0 fully saturated rings. The summed E-state index contributed by atoms with van der Waals surface area (Å²) in [5.74, 6) is 5.09. The van der Waals surface area contributed by atoms with E-state index in [0.29, 0.717) is 5.70 Å². The lowest BCUT2D eigenvalue weighted by atomic mass is 10.4. The molecule has 0 rings (SSSR count). The molecule has 0 unspecified atom stereocenters. The standard InChI is InChI=1S/C5H8ClN5/c6-11(9)3-5(1-2-7)10-4-8/h1,4H,3,9H2,(H2,8,10). The van der Waals surface area contributed by atoms with Gasteiger partial charge in [0.1, 0.15) is 0 Å². The van der Waals surface area contributed by atoms with E-state index in [9.17, 15) is 0 Å². The maximum absolute atomic E-state index is 8.23. The van der Waals surface area contributed by atoms with Gasteiger partial charge in [-0.2, -0.15) is 9.79 Å². The second kappa shape index (κ2) is 5.68. The molecule has 0 aliphatic carbocycles. The first kappa shape index (κ1) is 9.91. The minimum Gasteiger partial charge on any atom is -0.390 e. The molecule has 0 spiro atoms. The number of allylic oxidation sites excluding steroid dienone is 1. The van der Waals surface area contributed by atoms with Crippen molar-refractivity contribution in [3.8, 4) is 6.07 Å². The van der Waals surface area contributed by atoms with Crippen molar-refractivity contribution in [3.63, 3.8) is 0 Å². The fraction of sp³-hybridized carbons (Fsp3) is 0.200. The number of aliphatic imine (C=N–C) groups is 1. The summed E-state index contributed by atoms with van der Waals surface area (Å²) in [5, 5.41) is 8.23. The molecule has 0 heterocycles. The Balaban J connectivity index is 4.14. The summed E-state index contributed by atoms with van der Waals surface area (Å²) in [6.07, 6.45) is 2.29. The molecule has 0 amide bonds. The first-order chi connectivity index (χ1) is 5.20. The highest BCUT2D eigenvalue weighted by molar-refractivity contribution is 6.13. The Morgan fingerprint density at radius 3 is 2.82 bits per heavy atom. The third-order valence-electron chi connectivity index (χ3n) is 0.785. The fourth-order valence-corrected chi connectivity index (χ4v) is 0.571. The van der Waals surface area contributed by atoms with Gasteiger partial charge in [-0.3, -0.25) is 5.84 Å². The van der Waals surface area contributed by atoms with Gasteiger partial charge in [0.2, 0.25) is 0 Å². The molecule has 0 aromatic rings. The Morgan fingerprint density at radius 1 is 1.82 bits per heavy atom. The van der Waals surface area contributed by atoms with Gasteiger partial charge in [-0.1, -0.05) is 0 Å². The van der Waals surface area contributed by atoms with E-state index in [4.69, 9.17) is 28.6 Å². The van der Waals surface area contributed by atoms with Crippen molar-refractivity contribution in [2.24, 2.45) is 16.6 Å². The molecular weight excluding hydrogens is 166 g/mol. The summed E-state index contributed by atoms with van der Waals surface area (Å²) in [6.45, 7) is 0.169. The van der Waals surface area contributed by atoms with E-state index in [1.807, 2.05) is 0 Å². The van der Waals surface area contributed by atoms with E-state index < -0.39 is 0 Å². The molecule has 5 nitrogen and oxygen atoms in total. The van der Waals surface area contributed by atoms with E-state index >= 15 is 0 Å². The summed E-state index contributed by atoms with van der Waals surface area (Å²) < 4.78 is 0.885. The molecule has 11 heavy (non-hydrogen) atoms. The van der Waals surface area contributed by atoms with Crippen LogP contribution in [0.15, 0.2) is 16.8 Å². The van der Waals surface area contributed by atoms with E-state index in [0.717, 1.165) is 10.9 Å². The quantitative estimate of drug-likeness (QED) is 0.153. The summed E-state index contributed by atoms with van der Waals surface area (Å²) in [7, 11) is 0. The largest absolute Gasteiger partial charge is 0.390 e. The Labute approximate surface area is 69.6 Å². The Kier molecular flexibility index (Phi) is 5.11. The van der Waals surface area contributed by atoms with Crippen molar-refractivity contribution in [3.05, 3.63) is 11.8 Å². The van der Waals surface area contributed by atoms with Crippen molar-refractivity contribution >= 4 is 18.1 Å². The van der Waals surface area contributed by atoms with E-state index in [1.54, 1.807) is 6.07 Å². The lowest BCUT2D eigenvalue weighted by molar-refractivity contribution is 0.520. The van der Waals surface area contributed by atoms with Gasteiger partial charge in [0.25, 0.3) is 0 Å². The molecule has 0 saturated heterocycles. The third-order valence-corrected chi connectivity index (χ3v) is 0.904. The highest BCUT2D eigenvalue weighted by Gasteiger charge is 1.97. The Morgan fingerprint density at radius 2 is 2.45 bits per heavy atom. The molecule has 0 aromatic carbocycles. The summed E-state index contributed by atoms with van der Waals surface area (Å²) in [4.78, 5) is 3.64. The number of hydrogen-bond donors (Lipinski definition) is 2. The van der Waals surface area contributed by atoms with Gasteiger partial charge < -0.3 is 5.73 Å². The van der Waals surface area contributed by atoms with Gasteiger partial charge in [0, 0.05) is 6.08 Å². The highest BCUT2D eigenvalue weighted by atomic mass is 35.5. The average molecular weight is 174 g/mol. The van der Waals surface area contributed by atoms with Gasteiger partial charge in [0.05, 0.1) is 24.6 Å². The average Bonchev–Trinajstić information content (AvgIpc) is 1.87. The number of nitrogens with zero attached hydrogens (tertiary/aromatic N) is 3. The molecule has 0 aliphatic rings. The molecule has 0 aliphatic heterocycles. The van der Waals surface area contributed by atoms with Crippen LogP contribution in [-0.4, -0.2) is 17.4 Å². The van der Waals surface area contributed by atoms with Crippen LogP contribution in [0.4, 0.5) is 0 Å². The highest BCUT2D eigenvalue weighted by Crippen LogP contribution is 1.97. The Bertz CT molecular complexity index is 201. The normalized spacial score (nSPS) is 12.4. The van der Waals surface area contributed by atoms with Crippen LogP contribution in [0.5, 0.6) is 0 Å². The molecule has 0 bridgehead atoms. The third kappa shape index (κ3) is 5.36.